The quantitative estimate of drug-likeness (QED) is 0.475. The van der Waals surface area contributed by atoms with E-state index in [2.05, 4.69) is 106 Å². The lowest BCUT2D eigenvalue weighted by atomic mass is 9.71. The number of unbranched alkanes of at least 4 members (excludes halogenated alkanes) is 1. The first-order valence-corrected chi connectivity index (χ1v) is 14.0. The third-order valence-corrected chi connectivity index (χ3v) is 9.79. The summed E-state index contributed by atoms with van der Waals surface area (Å²) in [5.74, 6) is 0. The molecule has 2 fully saturated rings. The van der Waals surface area contributed by atoms with Crippen LogP contribution in [-0.4, -0.2) is 36.6 Å². The van der Waals surface area contributed by atoms with Gasteiger partial charge in [-0.05, 0) is 107 Å². The monoisotopic (exact) mass is 502 g/mol. The minimum Gasteiger partial charge on any atom is -0.399 e. The molecule has 0 unspecified atom stereocenters. The SMILES string of the molecule is CCCCc1cc2c(cc1B1OC(C)(C)C(C)(C)O1)C(C)(C)c1cc(B3OC(C)(C)C(C)(C)O3)ccc1-2. The normalized spacial score (nSPS) is 23.9. The summed E-state index contributed by atoms with van der Waals surface area (Å²) in [7, 11) is -0.725. The molecule has 0 radical (unpaired) electrons. The van der Waals surface area contributed by atoms with Crippen molar-refractivity contribution in [2.24, 2.45) is 0 Å². The largest absolute Gasteiger partial charge is 0.495 e. The van der Waals surface area contributed by atoms with Crippen LogP contribution in [0.15, 0.2) is 30.3 Å². The van der Waals surface area contributed by atoms with E-state index < -0.39 is 0 Å². The Balaban J connectivity index is 1.57. The highest BCUT2D eigenvalue weighted by atomic mass is 16.7. The second kappa shape index (κ2) is 8.45. The van der Waals surface area contributed by atoms with E-state index in [0.29, 0.717) is 0 Å². The van der Waals surface area contributed by atoms with Gasteiger partial charge < -0.3 is 18.6 Å². The highest BCUT2D eigenvalue weighted by Gasteiger charge is 2.54. The van der Waals surface area contributed by atoms with E-state index in [-0.39, 0.29) is 42.1 Å². The van der Waals surface area contributed by atoms with Gasteiger partial charge in [0, 0.05) is 5.41 Å². The molecule has 0 atom stereocenters. The van der Waals surface area contributed by atoms with Gasteiger partial charge in [0.05, 0.1) is 22.4 Å². The molecule has 0 aromatic heterocycles. The summed E-state index contributed by atoms with van der Waals surface area (Å²) in [6.07, 6.45) is 3.31. The molecule has 5 rings (SSSR count). The summed E-state index contributed by atoms with van der Waals surface area (Å²) in [4.78, 5) is 0. The number of benzene rings is 2. The number of rotatable bonds is 5. The third-order valence-electron chi connectivity index (χ3n) is 9.79. The topological polar surface area (TPSA) is 36.9 Å². The number of hydrogen-bond donors (Lipinski definition) is 0. The second-order valence-corrected chi connectivity index (χ2v) is 13.8. The Bertz CT molecular complexity index is 1200. The van der Waals surface area contributed by atoms with Gasteiger partial charge in [0.25, 0.3) is 0 Å². The van der Waals surface area contributed by atoms with Gasteiger partial charge in [-0.3, -0.25) is 0 Å². The Kier molecular flexibility index (Phi) is 6.17. The van der Waals surface area contributed by atoms with Gasteiger partial charge in [0.15, 0.2) is 0 Å². The van der Waals surface area contributed by atoms with Crippen molar-refractivity contribution in [1.29, 1.82) is 0 Å². The molecule has 3 aliphatic rings. The average molecular weight is 502 g/mol. The minimum absolute atomic E-state index is 0.161. The zero-order valence-corrected chi connectivity index (χ0v) is 24.8. The molecule has 1 aliphatic carbocycles. The fourth-order valence-corrected chi connectivity index (χ4v) is 5.76. The molecule has 37 heavy (non-hydrogen) atoms. The summed E-state index contributed by atoms with van der Waals surface area (Å²) >= 11 is 0. The van der Waals surface area contributed by atoms with Crippen LogP contribution < -0.4 is 10.9 Å². The Morgan fingerprint density at radius 1 is 0.622 bits per heavy atom. The molecule has 6 heteroatoms. The average Bonchev–Trinajstić information content (AvgIpc) is 3.25. The Hall–Kier alpha value is -1.59. The van der Waals surface area contributed by atoms with Crippen LogP contribution in [0.2, 0.25) is 0 Å². The van der Waals surface area contributed by atoms with Gasteiger partial charge in [0.1, 0.15) is 0 Å². The van der Waals surface area contributed by atoms with Crippen LogP contribution in [0.1, 0.15) is 106 Å². The Morgan fingerprint density at radius 2 is 1.14 bits per heavy atom. The highest BCUT2D eigenvalue weighted by Crippen LogP contribution is 2.49. The summed E-state index contributed by atoms with van der Waals surface area (Å²) < 4.78 is 25.9. The van der Waals surface area contributed by atoms with Crippen molar-refractivity contribution in [2.75, 3.05) is 0 Å². The molecule has 198 valence electrons. The first-order chi connectivity index (χ1) is 17.0. The Labute approximate surface area is 225 Å². The van der Waals surface area contributed by atoms with Gasteiger partial charge >= 0.3 is 14.2 Å². The molecular formula is C31H44B2O4. The maximum Gasteiger partial charge on any atom is 0.495 e. The predicted octanol–water partition coefficient (Wildman–Crippen LogP) is 5.93. The van der Waals surface area contributed by atoms with Crippen molar-refractivity contribution in [3.63, 3.8) is 0 Å². The standard InChI is InChI=1S/C31H44B2O4/c1-12-13-14-20-17-23-22-16-15-21(32-34-28(4,5)29(6,7)35-32)18-24(22)27(2,3)25(23)19-26(20)33-36-30(8,9)31(10,11)37-33/h15-19H,12-14H2,1-11H3. The lowest BCUT2D eigenvalue weighted by Gasteiger charge is -2.32. The molecule has 0 saturated carbocycles. The molecule has 0 spiro atoms. The number of aryl methyl sites for hydroxylation is 1. The molecule has 2 aromatic rings. The maximum atomic E-state index is 6.55. The van der Waals surface area contributed by atoms with Crippen molar-refractivity contribution in [3.05, 3.63) is 47.0 Å². The van der Waals surface area contributed by atoms with Crippen LogP contribution in [0.25, 0.3) is 11.1 Å². The smallest absolute Gasteiger partial charge is 0.399 e. The molecule has 2 aliphatic heterocycles. The van der Waals surface area contributed by atoms with Crippen LogP contribution in [0.3, 0.4) is 0 Å². The van der Waals surface area contributed by atoms with Gasteiger partial charge in [0.2, 0.25) is 0 Å². The summed E-state index contributed by atoms with van der Waals surface area (Å²) in [5.41, 5.74) is 7.26. The van der Waals surface area contributed by atoms with E-state index >= 15 is 0 Å². The van der Waals surface area contributed by atoms with E-state index in [0.717, 1.165) is 24.7 Å². The summed E-state index contributed by atoms with van der Waals surface area (Å²) in [6.45, 7) is 23.8. The maximum absolute atomic E-state index is 6.55. The molecule has 4 nitrogen and oxygen atoms in total. The second-order valence-electron chi connectivity index (χ2n) is 13.8. The molecule has 2 saturated heterocycles. The van der Waals surface area contributed by atoms with Gasteiger partial charge in [-0.15, -0.1) is 0 Å². The van der Waals surface area contributed by atoms with E-state index in [1.165, 1.54) is 33.3 Å². The van der Waals surface area contributed by atoms with Crippen molar-refractivity contribution < 1.29 is 18.6 Å². The number of fused-ring (bicyclic) bond motifs is 3. The molecular weight excluding hydrogens is 458 g/mol. The van der Waals surface area contributed by atoms with Crippen molar-refractivity contribution in [2.45, 2.75) is 123 Å². The van der Waals surface area contributed by atoms with Gasteiger partial charge in [-0.2, -0.15) is 0 Å². The third kappa shape index (κ3) is 4.14. The van der Waals surface area contributed by atoms with Crippen LogP contribution in [-0.2, 0) is 30.5 Å². The van der Waals surface area contributed by atoms with E-state index in [1.807, 2.05) is 0 Å². The molecule has 0 bridgehead atoms. The van der Waals surface area contributed by atoms with Crippen LogP contribution in [0.4, 0.5) is 0 Å². The first-order valence-electron chi connectivity index (χ1n) is 14.0. The van der Waals surface area contributed by atoms with Gasteiger partial charge in [-0.25, -0.2) is 0 Å². The van der Waals surface area contributed by atoms with Crippen LogP contribution >= 0.6 is 0 Å². The van der Waals surface area contributed by atoms with Crippen LogP contribution in [0, 0.1) is 0 Å². The molecule has 2 heterocycles. The highest BCUT2D eigenvalue weighted by molar-refractivity contribution is 6.63. The van der Waals surface area contributed by atoms with Crippen LogP contribution in [0.5, 0.6) is 0 Å². The molecule has 0 N–H and O–H groups in total. The summed E-state index contributed by atoms with van der Waals surface area (Å²) in [6, 6.07) is 11.5. The minimum atomic E-state index is -0.366. The summed E-state index contributed by atoms with van der Waals surface area (Å²) in [5, 5.41) is 0. The first kappa shape index (κ1) is 27.0. The van der Waals surface area contributed by atoms with E-state index in [1.54, 1.807) is 0 Å². The van der Waals surface area contributed by atoms with E-state index in [4.69, 9.17) is 18.6 Å². The Morgan fingerprint density at radius 3 is 1.68 bits per heavy atom. The molecule has 0 amide bonds. The van der Waals surface area contributed by atoms with Crippen molar-refractivity contribution in [3.8, 4) is 11.1 Å². The predicted molar refractivity (Wildman–Crippen MR) is 154 cm³/mol. The lowest BCUT2D eigenvalue weighted by molar-refractivity contribution is 0.00578. The van der Waals surface area contributed by atoms with Crippen molar-refractivity contribution in [1.82, 2.24) is 0 Å². The fourth-order valence-electron chi connectivity index (χ4n) is 5.76. The number of hydrogen-bond acceptors (Lipinski definition) is 4. The van der Waals surface area contributed by atoms with E-state index in [9.17, 15) is 0 Å². The van der Waals surface area contributed by atoms with Gasteiger partial charge in [-0.1, -0.05) is 57.5 Å². The molecule has 2 aromatic carbocycles. The lowest BCUT2D eigenvalue weighted by Crippen LogP contribution is -2.41. The van der Waals surface area contributed by atoms with Crippen molar-refractivity contribution >= 4 is 25.2 Å². The fraction of sp³-hybridized carbons (Fsp3) is 0.613. The zero-order valence-electron chi connectivity index (χ0n) is 24.8. The zero-order chi connectivity index (χ0) is 27.2.